The Labute approximate surface area is 149 Å². The van der Waals surface area contributed by atoms with Gasteiger partial charge in [0.15, 0.2) is 0 Å². The summed E-state index contributed by atoms with van der Waals surface area (Å²) in [6.07, 6.45) is 0. The van der Waals surface area contributed by atoms with E-state index in [1.807, 2.05) is 44.2 Å². The minimum absolute atomic E-state index is 0.125. The minimum Gasteiger partial charge on any atom is -0.464 e. The molecular formula is C18H24N2O4S. The molecule has 0 aliphatic rings. The van der Waals surface area contributed by atoms with Crippen molar-refractivity contribution in [3.63, 3.8) is 0 Å². The first-order valence-electron chi connectivity index (χ1n) is 8.00. The zero-order chi connectivity index (χ0) is 18.8. The van der Waals surface area contributed by atoms with E-state index in [2.05, 4.69) is 0 Å². The molecule has 0 atom stereocenters. The summed E-state index contributed by atoms with van der Waals surface area (Å²) in [4.78, 5) is 12.0. The predicted molar refractivity (Wildman–Crippen MR) is 95.8 cm³/mol. The van der Waals surface area contributed by atoms with Crippen LogP contribution in [0.25, 0.3) is 0 Å². The molecule has 136 valence electrons. The minimum atomic E-state index is -3.77. The lowest BCUT2D eigenvalue weighted by atomic mass is 10.2. The molecule has 0 N–H and O–H groups in total. The lowest BCUT2D eigenvalue weighted by molar-refractivity contribution is 0.0589. The molecule has 2 aromatic rings. The Kier molecular flexibility index (Phi) is 5.69. The third-order valence-corrected chi connectivity index (χ3v) is 6.36. The van der Waals surface area contributed by atoms with Crippen LogP contribution in [0.15, 0.2) is 41.3 Å². The molecule has 25 heavy (non-hydrogen) atoms. The standard InChI is InChI=1S/C18H24N2O4S/c1-13(2)20(12-15-9-7-6-8-10-15)25(22,23)17-11-16(18(21)24-5)19(4)14(17)3/h6-11,13H,12H2,1-5H3. The third-order valence-electron chi connectivity index (χ3n) is 4.23. The molecule has 0 spiro atoms. The van der Waals surface area contributed by atoms with E-state index in [1.165, 1.54) is 17.5 Å². The molecule has 0 saturated heterocycles. The average molecular weight is 364 g/mol. The molecule has 6 nitrogen and oxygen atoms in total. The molecule has 2 rings (SSSR count). The van der Waals surface area contributed by atoms with Crippen LogP contribution < -0.4 is 0 Å². The number of rotatable bonds is 6. The quantitative estimate of drug-likeness (QED) is 0.739. The molecule has 0 aliphatic carbocycles. The first-order chi connectivity index (χ1) is 11.7. The van der Waals surface area contributed by atoms with Crippen LogP contribution in [-0.2, 0) is 28.4 Å². The van der Waals surface area contributed by atoms with Gasteiger partial charge in [0.25, 0.3) is 0 Å². The van der Waals surface area contributed by atoms with Gasteiger partial charge in [-0.2, -0.15) is 4.31 Å². The first-order valence-corrected chi connectivity index (χ1v) is 9.44. The van der Waals surface area contributed by atoms with Crippen molar-refractivity contribution >= 4 is 16.0 Å². The van der Waals surface area contributed by atoms with E-state index in [-0.39, 0.29) is 23.2 Å². The number of hydrogen-bond acceptors (Lipinski definition) is 4. The van der Waals surface area contributed by atoms with Gasteiger partial charge in [-0.15, -0.1) is 0 Å². The highest BCUT2D eigenvalue weighted by atomic mass is 32.2. The van der Waals surface area contributed by atoms with Gasteiger partial charge in [0.2, 0.25) is 10.0 Å². The number of carbonyl (C=O) groups excluding carboxylic acids is 1. The molecule has 1 aromatic heterocycles. The van der Waals surface area contributed by atoms with Gasteiger partial charge >= 0.3 is 5.97 Å². The zero-order valence-corrected chi connectivity index (χ0v) is 16.0. The van der Waals surface area contributed by atoms with Crippen molar-refractivity contribution in [1.29, 1.82) is 0 Å². The van der Waals surface area contributed by atoms with Gasteiger partial charge in [-0.05, 0) is 32.4 Å². The van der Waals surface area contributed by atoms with E-state index >= 15 is 0 Å². The molecule has 0 aliphatic heterocycles. The number of carbonyl (C=O) groups is 1. The van der Waals surface area contributed by atoms with Gasteiger partial charge < -0.3 is 9.30 Å². The molecule has 0 bridgehead atoms. The van der Waals surface area contributed by atoms with Crippen molar-refractivity contribution in [1.82, 2.24) is 8.87 Å². The number of sulfonamides is 1. The number of nitrogens with zero attached hydrogens (tertiary/aromatic N) is 2. The number of hydrogen-bond donors (Lipinski definition) is 0. The summed E-state index contributed by atoms with van der Waals surface area (Å²) < 4.78 is 34.2. The summed E-state index contributed by atoms with van der Waals surface area (Å²) in [7, 11) is -0.845. The van der Waals surface area contributed by atoms with Gasteiger partial charge in [0.1, 0.15) is 10.6 Å². The van der Waals surface area contributed by atoms with Crippen molar-refractivity contribution in [2.45, 2.75) is 38.3 Å². The SMILES string of the molecule is COC(=O)c1cc(S(=O)(=O)N(Cc2ccccc2)C(C)C)c(C)n1C. The zero-order valence-electron chi connectivity index (χ0n) is 15.2. The molecule has 1 heterocycles. The Balaban J connectivity index is 2.49. The van der Waals surface area contributed by atoms with Crippen LogP contribution in [0.1, 0.15) is 35.6 Å². The number of esters is 1. The van der Waals surface area contributed by atoms with Crippen molar-refractivity contribution < 1.29 is 17.9 Å². The lowest BCUT2D eigenvalue weighted by Gasteiger charge is -2.26. The van der Waals surface area contributed by atoms with Gasteiger partial charge in [-0.25, -0.2) is 13.2 Å². The smallest absolute Gasteiger partial charge is 0.354 e. The molecule has 1 aromatic carbocycles. The molecule has 0 unspecified atom stereocenters. The van der Waals surface area contributed by atoms with Gasteiger partial charge in [0, 0.05) is 25.3 Å². The third kappa shape index (κ3) is 3.77. The Bertz CT molecular complexity index is 855. The Hall–Kier alpha value is -2.12. The van der Waals surface area contributed by atoms with Crippen molar-refractivity contribution in [3.8, 4) is 0 Å². The second-order valence-corrected chi connectivity index (χ2v) is 8.02. The molecular weight excluding hydrogens is 340 g/mol. The fourth-order valence-electron chi connectivity index (χ4n) is 2.67. The van der Waals surface area contributed by atoms with Crippen LogP contribution in [0.3, 0.4) is 0 Å². The second-order valence-electron chi connectivity index (χ2n) is 6.16. The second kappa shape index (κ2) is 7.41. The largest absolute Gasteiger partial charge is 0.464 e. The van der Waals surface area contributed by atoms with Crippen molar-refractivity contribution in [2.24, 2.45) is 7.05 Å². The summed E-state index contributed by atoms with van der Waals surface area (Å²) in [6, 6.07) is 10.6. The van der Waals surface area contributed by atoms with Gasteiger partial charge in [-0.3, -0.25) is 0 Å². The van der Waals surface area contributed by atoms with E-state index in [0.717, 1.165) is 5.56 Å². The predicted octanol–water partition coefficient (Wildman–Crippen LogP) is 2.72. The summed E-state index contributed by atoms with van der Waals surface area (Å²) in [6.45, 7) is 5.61. The highest BCUT2D eigenvalue weighted by Crippen LogP contribution is 2.26. The Morgan fingerprint density at radius 2 is 1.84 bits per heavy atom. The van der Waals surface area contributed by atoms with E-state index in [9.17, 15) is 13.2 Å². The van der Waals surface area contributed by atoms with E-state index in [0.29, 0.717) is 5.69 Å². The molecule has 7 heteroatoms. The van der Waals surface area contributed by atoms with Crippen molar-refractivity contribution in [3.05, 3.63) is 53.3 Å². The van der Waals surface area contributed by atoms with E-state index in [1.54, 1.807) is 18.5 Å². The van der Waals surface area contributed by atoms with Crippen LogP contribution in [0.5, 0.6) is 0 Å². The maximum atomic E-state index is 13.2. The van der Waals surface area contributed by atoms with Crippen LogP contribution in [-0.4, -0.2) is 36.4 Å². The number of ether oxygens (including phenoxy) is 1. The lowest BCUT2D eigenvalue weighted by Crippen LogP contribution is -2.36. The molecule has 0 fully saturated rings. The summed E-state index contributed by atoms with van der Waals surface area (Å²) in [5, 5.41) is 0. The van der Waals surface area contributed by atoms with Gasteiger partial charge in [-0.1, -0.05) is 30.3 Å². The number of aromatic nitrogens is 1. The molecule has 0 saturated carbocycles. The van der Waals surface area contributed by atoms with Crippen LogP contribution in [0, 0.1) is 6.92 Å². The average Bonchev–Trinajstić information content (AvgIpc) is 2.88. The molecule has 0 amide bonds. The van der Waals surface area contributed by atoms with Gasteiger partial charge in [0.05, 0.1) is 7.11 Å². The monoisotopic (exact) mass is 364 g/mol. The van der Waals surface area contributed by atoms with E-state index < -0.39 is 16.0 Å². The first kappa shape index (κ1) is 19.2. The van der Waals surface area contributed by atoms with Crippen molar-refractivity contribution in [2.75, 3.05) is 7.11 Å². The number of benzene rings is 1. The van der Waals surface area contributed by atoms with Crippen LogP contribution >= 0.6 is 0 Å². The van der Waals surface area contributed by atoms with Crippen LogP contribution in [0.2, 0.25) is 0 Å². The normalized spacial score (nSPS) is 12.0. The maximum absolute atomic E-state index is 13.2. The number of methoxy groups -OCH3 is 1. The fourth-order valence-corrected chi connectivity index (χ4v) is 4.57. The van der Waals surface area contributed by atoms with E-state index in [4.69, 9.17) is 4.74 Å². The summed E-state index contributed by atoms with van der Waals surface area (Å²) in [5.41, 5.74) is 1.61. The summed E-state index contributed by atoms with van der Waals surface area (Å²) in [5.74, 6) is -0.564. The molecule has 0 radical (unpaired) electrons. The highest BCUT2D eigenvalue weighted by molar-refractivity contribution is 7.89. The summed E-state index contributed by atoms with van der Waals surface area (Å²) >= 11 is 0. The fraction of sp³-hybridized carbons (Fsp3) is 0.389. The maximum Gasteiger partial charge on any atom is 0.354 e. The Morgan fingerprint density at radius 1 is 1.24 bits per heavy atom. The Morgan fingerprint density at radius 3 is 2.36 bits per heavy atom. The van der Waals surface area contributed by atoms with Crippen LogP contribution in [0.4, 0.5) is 0 Å². The highest BCUT2D eigenvalue weighted by Gasteiger charge is 2.32. The topological polar surface area (TPSA) is 68.6 Å².